The highest BCUT2D eigenvalue weighted by Gasteiger charge is 2.31. The zero-order valence-electron chi connectivity index (χ0n) is 15.3. The van der Waals surface area contributed by atoms with Crippen LogP contribution in [0.15, 0.2) is 53.4 Å². The second-order valence-corrected chi connectivity index (χ2v) is 8.59. The van der Waals surface area contributed by atoms with Crippen molar-refractivity contribution in [3.05, 3.63) is 59.7 Å². The fourth-order valence-corrected chi connectivity index (χ4v) is 3.08. The van der Waals surface area contributed by atoms with Gasteiger partial charge < -0.3 is 4.74 Å². The van der Waals surface area contributed by atoms with Gasteiger partial charge in [0.2, 0.25) is 0 Å². The average Bonchev–Trinajstić information content (AvgIpc) is 2.58. The molecule has 0 heterocycles. The van der Waals surface area contributed by atoms with Gasteiger partial charge in [-0.3, -0.25) is 10.2 Å². The molecule has 0 radical (unpaired) electrons. The van der Waals surface area contributed by atoms with Crippen molar-refractivity contribution in [2.24, 2.45) is 0 Å². The molecule has 0 bridgehead atoms. The summed E-state index contributed by atoms with van der Waals surface area (Å²) in [6.07, 6.45) is -4.96. The fourth-order valence-electron chi connectivity index (χ4n) is 2.20. The average molecular weight is 416 g/mol. The van der Waals surface area contributed by atoms with Crippen LogP contribution in [0.2, 0.25) is 0 Å². The summed E-state index contributed by atoms with van der Waals surface area (Å²) in [6.45, 7) is 6.02. The summed E-state index contributed by atoms with van der Waals surface area (Å²) < 4.78 is 64.9. The molecule has 0 spiro atoms. The van der Waals surface area contributed by atoms with Crippen molar-refractivity contribution in [3.63, 3.8) is 0 Å². The predicted octanol–water partition coefficient (Wildman–Crippen LogP) is 3.51. The minimum absolute atomic E-state index is 0.111. The first-order valence-electron chi connectivity index (χ1n) is 8.06. The molecule has 2 rings (SSSR count). The molecule has 10 heteroatoms. The van der Waals surface area contributed by atoms with Gasteiger partial charge in [0.1, 0.15) is 5.75 Å². The van der Waals surface area contributed by atoms with Gasteiger partial charge in [0.25, 0.3) is 15.9 Å². The third kappa shape index (κ3) is 5.96. The van der Waals surface area contributed by atoms with E-state index in [1.165, 1.54) is 0 Å². The highest BCUT2D eigenvalue weighted by molar-refractivity contribution is 7.89. The maximum absolute atomic E-state index is 12.3. The Morgan fingerprint density at radius 3 is 2.14 bits per heavy atom. The van der Waals surface area contributed by atoms with Crippen molar-refractivity contribution in [2.75, 3.05) is 0 Å². The third-order valence-electron chi connectivity index (χ3n) is 3.66. The molecule has 0 unspecified atom stereocenters. The number of carbonyl (C=O) groups is 1. The SMILES string of the molecule is CC(C)(C)c1ccc(C(=O)NNS(=O)(=O)c2cccc(OC(F)(F)F)c2)cc1. The number of sulfonamides is 1. The number of rotatable bonds is 5. The summed E-state index contributed by atoms with van der Waals surface area (Å²) in [5.74, 6) is -1.41. The van der Waals surface area contributed by atoms with Crippen LogP contribution < -0.4 is 15.0 Å². The van der Waals surface area contributed by atoms with Gasteiger partial charge in [0.15, 0.2) is 0 Å². The van der Waals surface area contributed by atoms with Crippen LogP contribution in [0, 0.1) is 0 Å². The van der Waals surface area contributed by atoms with Crippen LogP contribution in [0.4, 0.5) is 13.2 Å². The molecular formula is C18H19F3N2O4S. The molecule has 2 N–H and O–H groups in total. The first kappa shape index (κ1) is 21.7. The van der Waals surface area contributed by atoms with Crippen molar-refractivity contribution in [2.45, 2.75) is 37.4 Å². The first-order chi connectivity index (χ1) is 12.8. The molecule has 152 valence electrons. The number of amides is 1. The highest BCUT2D eigenvalue weighted by Crippen LogP contribution is 2.25. The van der Waals surface area contributed by atoms with Crippen LogP contribution in [0.3, 0.4) is 0 Å². The molecule has 2 aromatic carbocycles. The largest absolute Gasteiger partial charge is 0.573 e. The summed E-state index contributed by atoms with van der Waals surface area (Å²) in [7, 11) is -4.30. The minimum atomic E-state index is -4.96. The predicted molar refractivity (Wildman–Crippen MR) is 96.1 cm³/mol. The van der Waals surface area contributed by atoms with E-state index in [4.69, 9.17) is 0 Å². The fraction of sp³-hybridized carbons (Fsp3) is 0.278. The quantitative estimate of drug-likeness (QED) is 0.731. The van der Waals surface area contributed by atoms with Crippen LogP contribution >= 0.6 is 0 Å². The molecule has 0 fully saturated rings. The molecule has 28 heavy (non-hydrogen) atoms. The maximum atomic E-state index is 12.3. The lowest BCUT2D eigenvalue weighted by molar-refractivity contribution is -0.274. The molecule has 0 aromatic heterocycles. The van der Waals surface area contributed by atoms with E-state index in [1.54, 1.807) is 24.3 Å². The number of benzene rings is 2. The van der Waals surface area contributed by atoms with Crippen LogP contribution in [0.25, 0.3) is 0 Å². The number of hydrazine groups is 1. The van der Waals surface area contributed by atoms with Gasteiger partial charge in [-0.15, -0.1) is 18.0 Å². The summed E-state index contributed by atoms with van der Waals surface area (Å²) >= 11 is 0. The second-order valence-electron chi connectivity index (χ2n) is 6.91. The first-order valence-corrected chi connectivity index (χ1v) is 9.55. The topological polar surface area (TPSA) is 84.5 Å². The molecule has 2 aromatic rings. The van der Waals surface area contributed by atoms with Crippen molar-refractivity contribution in [1.82, 2.24) is 10.3 Å². The molecule has 0 aliphatic heterocycles. The lowest BCUT2D eigenvalue weighted by Gasteiger charge is -2.19. The standard InChI is InChI=1S/C18H19F3N2O4S/c1-17(2,3)13-9-7-12(8-10-13)16(24)22-23-28(25,26)15-6-4-5-14(11-15)27-18(19,20)21/h4-11,23H,1-3H3,(H,22,24). The van der Waals surface area contributed by atoms with Crippen molar-refractivity contribution < 1.29 is 31.1 Å². The normalized spacial score (nSPS) is 12.5. The number of alkyl halides is 3. The van der Waals surface area contributed by atoms with Gasteiger partial charge in [0, 0.05) is 11.6 Å². The maximum Gasteiger partial charge on any atom is 0.573 e. The Bertz CT molecular complexity index is 950. The van der Waals surface area contributed by atoms with Crippen molar-refractivity contribution in [1.29, 1.82) is 0 Å². The Kier molecular flexibility index (Phi) is 6.05. The Balaban J connectivity index is 2.09. The molecule has 0 aliphatic rings. The van der Waals surface area contributed by atoms with Gasteiger partial charge in [0.05, 0.1) is 4.90 Å². The number of ether oxygens (including phenoxy) is 1. The van der Waals surface area contributed by atoms with Gasteiger partial charge in [-0.25, -0.2) is 8.42 Å². The van der Waals surface area contributed by atoms with E-state index in [-0.39, 0.29) is 11.0 Å². The molecular weight excluding hydrogens is 397 g/mol. The van der Waals surface area contributed by atoms with E-state index < -0.39 is 32.9 Å². The minimum Gasteiger partial charge on any atom is -0.406 e. The molecule has 0 saturated heterocycles. The van der Waals surface area contributed by atoms with Gasteiger partial charge in [-0.1, -0.05) is 39.0 Å². The van der Waals surface area contributed by atoms with Gasteiger partial charge in [-0.2, -0.15) is 0 Å². The molecule has 0 aliphatic carbocycles. The number of hydrogen-bond acceptors (Lipinski definition) is 4. The zero-order valence-corrected chi connectivity index (χ0v) is 16.1. The second kappa shape index (κ2) is 7.80. The number of hydrogen-bond donors (Lipinski definition) is 2. The Morgan fingerprint density at radius 1 is 1.00 bits per heavy atom. The molecule has 1 amide bonds. The number of halogens is 3. The van der Waals surface area contributed by atoms with E-state index in [0.29, 0.717) is 6.07 Å². The van der Waals surface area contributed by atoms with Crippen LogP contribution in [-0.2, 0) is 15.4 Å². The summed E-state index contributed by atoms with van der Waals surface area (Å²) in [5.41, 5.74) is 3.12. The summed E-state index contributed by atoms with van der Waals surface area (Å²) in [4.78, 5) is 13.5. The Morgan fingerprint density at radius 2 is 1.61 bits per heavy atom. The Labute approximate surface area is 160 Å². The zero-order chi connectivity index (χ0) is 21.2. The van der Waals surface area contributed by atoms with E-state index >= 15 is 0 Å². The van der Waals surface area contributed by atoms with Gasteiger partial charge in [-0.05, 0) is 35.2 Å². The highest BCUT2D eigenvalue weighted by atomic mass is 32.2. The summed E-state index contributed by atoms with van der Waals surface area (Å²) in [5, 5.41) is 0. The lowest BCUT2D eigenvalue weighted by Crippen LogP contribution is -2.41. The van der Waals surface area contributed by atoms with Gasteiger partial charge >= 0.3 is 6.36 Å². The smallest absolute Gasteiger partial charge is 0.406 e. The number of carbonyl (C=O) groups excluding carboxylic acids is 1. The number of nitrogens with one attached hydrogen (secondary N) is 2. The van der Waals surface area contributed by atoms with Crippen LogP contribution in [-0.4, -0.2) is 20.7 Å². The monoisotopic (exact) mass is 416 g/mol. The van der Waals surface area contributed by atoms with Crippen molar-refractivity contribution >= 4 is 15.9 Å². The molecule has 0 atom stereocenters. The van der Waals surface area contributed by atoms with Crippen molar-refractivity contribution in [3.8, 4) is 5.75 Å². The molecule has 0 saturated carbocycles. The summed E-state index contributed by atoms with van der Waals surface area (Å²) in [6, 6.07) is 10.4. The van der Waals surface area contributed by atoms with Crippen LogP contribution in [0.5, 0.6) is 5.75 Å². The van der Waals surface area contributed by atoms with E-state index in [9.17, 15) is 26.4 Å². The van der Waals surface area contributed by atoms with E-state index in [0.717, 1.165) is 23.8 Å². The van der Waals surface area contributed by atoms with E-state index in [2.05, 4.69) is 4.74 Å². The lowest BCUT2D eigenvalue weighted by atomic mass is 9.87. The van der Waals surface area contributed by atoms with Crippen LogP contribution in [0.1, 0.15) is 36.7 Å². The Hall–Kier alpha value is -2.59. The van der Waals surface area contributed by atoms with E-state index in [1.807, 2.05) is 31.0 Å². The third-order valence-corrected chi connectivity index (χ3v) is 4.91. The molecule has 6 nitrogen and oxygen atoms in total.